The topological polar surface area (TPSA) is 152 Å². The summed E-state index contributed by atoms with van der Waals surface area (Å²) in [6.07, 6.45) is -0.294. The lowest BCUT2D eigenvalue weighted by Gasteiger charge is -2.22. The van der Waals surface area contributed by atoms with Crippen molar-refractivity contribution in [3.8, 4) is 11.4 Å². The molecule has 0 saturated heterocycles. The molecule has 0 radical (unpaired) electrons. The molecule has 4 rings (SSSR count). The van der Waals surface area contributed by atoms with Crippen molar-refractivity contribution in [2.75, 3.05) is 7.11 Å². The molecular weight excluding hydrogens is 652 g/mol. The molecule has 2 heterocycles. The second-order valence-electron chi connectivity index (χ2n) is 14.4. The third kappa shape index (κ3) is 11.9. The lowest BCUT2D eigenvalue weighted by molar-refractivity contribution is -0.158. The maximum absolute atomic E-state index is 12.3. The van der Waals surface area contributed by atoms with Crippen LogP contribution in [0.4, 0.5) is 0 Å². The lowest BCUT2D eigenvalue weighted by atomic mass is 9.95. The Bertz CT molecular complexity index is 1860. The molecule has 0 amide bonds. The van der Waals surface area contributed by atoms with E-state index in [0.717, 1.165) is 34.2 Å². The Kier molecular flexibility index (Phi) is 13.1. The van der Waals surface area contributed by atoms with Crippen LogP contribution in [0.2, 0.25) is 0 Å². The van der Waals surface area contributed by atoms with Gasteiger partial charge >= 0.3 is 23.9 Å². The van der Waals surface area contributed by atoms with E-state index in [4.69, 9.17) is 14.2 Å². The summed E-state index contributed by atoms with van der Waals surface area (Å²) in [6.45, 7) is 18.4. The Balaban J connectivity index is 0.000000276. The number of hydrogen-bond donors (Lipinski definition) is 1. The van der Waals surface area contributed by atoms with E-state index in [0.29, 0.717) is 11.1 Å². The highest BCUT2D eigenvalue weighted by Crippen LogP contribution is 2.27. The molecule has 51 heavy (non-hydrogen) atoms. The van der Waals surface area contributed by atoms with Crippen molar-refractivity contribution < 1.29 is 38.5 Å². The van der Waals surface area contributed by atoms with E-state index in [2.05, 4.69) is 10.2 Å². The van der Waals surface area contributed by atoms with Gasteiger partial charge in [-0.25, -0.2) is 9.36 Å². The van der Waals surface area contributed by atoms with Crippen LogP contribution in [0.25, 0.3) is 11.4 Å². The third-order valence-corrected chi connectivity index (χ3v) is 7.42. The predicted octanol–water partition coefficient (Wildman–Crippen LogP) is 6.87. The largest absolute Gasteiger partial charge is 0.481 e. The van der Waals surface area contributed by atoms with Gasteiger partial charge in [0.05, 0.1) is 54.5 Å². The molecule has 274 valence electrons. The number of carbonyl (C=O) groups excluding carboxylic acids is 3. The van der Waals surface area contributed by atoms with E-state index in [-0.39, 0.29) is 12.8 Å². The van der Waals surface area contributed by atoms with Crippen molar-refractivity contribution in [1.82, 2.24) is 19.6 Å². The van der Waals surface area contributed by atoms with Gasteiger partial charge < -0.3 is 19.3 Å². The van der Waals surface area contributed by atoms with Gasteiger partial charge in [-0.2, -0.15) is 10.2 Å². The number of aromatic nitrogens is 4. The maximum atomic E-state index is 12.3. The standard InChI is InChI=1S/C20H26N2O4.C19H24N2O4/c1-13-10-14(2)22(21-13)16-9-7-8-15(11-16)17(19(24)25-6)12-18(23)26-20(3,4)5;1-12-9-13(2)21(20-12)15-8-6-7-14(10-15)16(18(23)24)11-17(22)25-19(3,4)5/h7-11,17H,12H2,1-6H3;6-10,16H,11H2,1-5H3,(H,23,24). The summed E-state index contributed by atoms with van der Waals surface area (Å²) < 4.78 is 19.1. The van der Waals surface area contributed by atoms with Crippen LogP contribution < -0.4 is 0 Å². The minimum absolute atomic E-state index is 0.0789. The molecule has 2 unspecified atom stereocenters. The third-order valence-electron chi connectivity index (χ3n) is 7.42. The van der Waals surface area contributed by atoms with E-state index in [9.17, 15) is 24.3 Å². The SMILES string of the molecule is COC(=O)C(CC(=O)OC(C)(C)C)c1cccc(-n2nc(C)cc2C)c1.Cc1cc(C)n(-c2cccc(C(CC(=O)OC(C)(C)C)C(=O)O)c2)n1. The number of carboxylic acid groups (broad SMARTS) is 1. The molecule has 0 spiro atoms. The van der Waals surface area contributed by atoms with Crippen LogP contribution in [0.1, 0.15) is 100 Å². The summed E-state index contributed by atoms with van der Waals surface area (Å²) in [5.41, 5.74) is 5.29. The van der Waals surface area contributed by atoms with E-state index in [1.165, 1.54) is 7.11 Å². The number of aliphatic carboxylic acids is 1. The summed E-state index contributed by atoms with van der Waals surface area (Å²) in [7, 11) is 1.31. The van der Waals surface area contributed by atoms with Gasteiger partial charge in [0.15, 0.2) is 0 Å². The highest BCUT2D eigenvalue weighted by Gasteiger charge is 2.29. The zero-order valence-electron chi connectivity index (χ0n) is 31.4. The van der Waals surface area contributed by atoms with Crippen LogP contribution in [0.5, 0.6) is 0 Å². The van der Waals surface area contributed by atoms with Crippen LogP contribution in [0.15, 0.2) is 60.7 Å². The summed E-state index contributed by atoms with van der Waals surface area (Å²) >= 11 is 0. The highest BCUT2D eigenvalue weighted by atomic mass is 16.6. The van der Waals surface area contributed by atoms with E-state index in [1.807, 2.05) is 64.1 Å². The van der Waals surface area contributed by atoms with Crippen LogP contribution >= 0.6 is 0 Å². The average Bonchev–Trinajstić information content (AvgIpc) is 3.55. The first-order chi connectivity index (χ1) is 23.7. The van der Waals surface area contributed by atoms with E-state index < -0.39 is 46.9 Å². The summed E-state index contributed by atoms with van der Waals surface area (Å²) in [5.74, 6) is -4.20. The van der Waals surface area contributed by atoms with Crippen LogP contribution in [-0.2, 0) is 33.4 Å². The fourth-order valence-electron chi connectivity index (χ4n) is 5.45. The molecule has 2 aromatic heterocycles. The Morgan fingerprint density at radius 1 is 0.667 bits per heavy atom. The van der Waals surface area contributed by atoms with Crippen molar-refractivity contribution in [2.24, 2.45) is 0 Å². The van der Waals surface area contributed by atoms with Crippen molar-refractivity contribution in [3.05, 3.63) is 94.6 Å². The Morgan fingerprint density at radius 2 is 1.06 bits per heavy atom. The number of carboxylic acids is 1. The molecule has 12 nitrogen and oxygen atoms in total. The van der Waals surface area contributed by atoms with Gasteiger partial charge in [-0.1, -0.05) is 24.3 Å². The monoisotopic (exact) mass is 702 g/mol. The molecule has 12 heteroatoms. The first-order valence-corrected chi connectivity index (χ1v) is 16.7. The molecule has 0 aliphatic carbocycles. The fraction of sp³-hybridized carbons (Fsp3) is 0.436. The smallest absolute Gasteiger partial charge is 0.313 e. The van der Waals surface area contributed by atoms with Crippen LogP contribution in [-0.4, -0.2) is 66.9 Å². The van der Waals surface area contributed by atoms with Crippen molar-refractivity contribution >= 4 is 23.9 Å². The van der Waals surface area contributed by atoms with Crippen molar-refractivity contribution in [2.45, 2.75) is 105 Å². The Morgan fingerprint density at radius 3 is 1.39 bits per heavy atom. The van der Waals surface area contributed by atoms with Crippen LogP contribution in [0.3, 0.4) is 0 Å². The van der Waals surface area contributed by atoms with E-state index >= 15 is 0 Å². The molecule has 0 aliphatic rings. The summed E-state index contributed by atoms with van der Waals surface area (Å²) in [5, 5.41) is 18.4. The second kappa shape index (κ2) is 16.6. The van der Waals surface area contributed by atoms with Crippen molar-refractivity contribution in [1.29, 1.82) is 0 Å². The van der Waals surface area contributed by atoms with Crippen molar-refractivity contribution in [3.63, 3.8) is 0 Å². The first kappa shape index (κ1) is 40.2. The number of hydrogen-bond acceptors (Lipinski definition) is 9. The molecule has 0 saturated carbocycles. The maximum Gasteiger partial charge on any atom is 0.313 e. The Hall–Kier alpha value is -5.26. The van der Waals surface area contributed by atoms with Gasteiger partial charge in [0.25, 0.3) is 0 Å². The van der Waals surface area contributed by atoms with Gasteiger partial charge in [-0.05, 0) is 117 Å². The minimum atomic E-state index is -1.06. The Labute approximate surface area is 299 Å². The zero-order valence-corrected chi connectivity index (χ0v) is 31.4. The van der Waals surface area contributed by atoms with Gasteiger partial charge in [-0.3, -0.25) is 19.2 Å². The number of ether oxygens (including phenoxy) is 3. The number of methoxy groups -OCH3 is 1. The highest BCUT2D eigenvalue weighted by molar-refractivity contribution is 5.85. The molecule has 0 fully saturated rings. The number of rotatable bonds is 10. The number of esters is 3. The predicted molar refractivity (Wildman–Crippen MR) is 192 cm³/mol. The molecule has 0 bridgehead atoms. The lowest BCUT2D eigenvalue weighted by Crippen LogP contribution is -2.27. The molecule has 2 aromatic carbocycles. The summed E-state index contributed by atoms with van der Waals surface area (Å²) in [4.78, 5) is 48.3. The fourth-order valence-corrected chi connectivity index (χ4v) is 5.45. The van der Waals surface area contributed by atoms with E-state index in [1.54, 1.807) is 75.2 Å². The van der Waals surface area contributed by atoms with Gasteiger partial charge in [0.2, 0.25) is 0 Å². The molecular formula is C39H50N4O8. The number of carbonyl (C=O) groups is 4. The van der Waals surface area contributed by atoms with Gasteiger partial charge in [0.1, 0.15) is 11.2 Å². The molecule has 2 atom stereocenters. The number of benzene rings is 2. The van der Waals surface area contributed by atoms with Crippen LogP contribution in [0, 0.1) is 27.7 Å². The number of nitrogens with zero attached hydrogens (tertiary/aromatic N) is 4. The van der Waals surface area contributed by atoms with Gasteiger partial charge in [-0.15, -0.1) is 0 Å². The summed E-state index contributed by atoms with van der Waals surface area (Å²) in [6, 6.07) is 18.4. The first-order valence-electron chi connectivity index (χ1n) is 16.7. The minimum Gasteiger partial charge on any atom is -0.481 e. The van der Waals surface area contributed by atoms with Gasteiger partial charge in [0, 0.05) is 11.4 Å². The molecule has 4 aromatic rings. The molecule has 1 N–H and O–H groups in total. The average molecular weight is 703 g/mol. The molecule has 0 aliphatic heterocycles. The number of aryl methyl sites for hydroxylation is 4. The normalized spacial score (nSPS) is 12.6. The quantitative estimate of drug-likeness (QED) is 0.137. The zero-order chi connectivity index (χ0) is 38.3. The second-order valence-corrected chi connectivity index (χ2v) is 14.4.